The Kier molecular flexibility index (Phi) is 4.73. The lowest BCUT2D eigenvalue weighted by molar-refractivity contribution is 0.0735. The fraction of sp³-hybridized carbons (Fsp3) is 0.185. The van der Waals surface area contributed by atoms with Gasteiger partial charge in [0, 0.05) is 54.9 Å². The Morgan fingerprint density at radius 2 is 1.55 bits per heavy atom. The molecule has 6 nitrogen and oxygen atoms in total. The highest BCUT2D eigenvalue weighted by Crippen LogP contribution is 2.40. The van der Waals surface area contributed by atoms with Crippen LogP contribution in [0.2, 0.25) is 0 Å². The van der Waals surface area contributed by atoms with Gasteiger partial charge in [-0.25, -0.2) is 0 Å². The van der Waals surface area contributed by atoms with Gasteiger partial charge in [0.25, 0.3) is 5.91 Å². The van der Waals surface area contributed by atoms with Crippen LogP contribution in [0.4, 0.5) is 0 Å². The fourth-order valence-electron chi connectivity index (χ4n) is 4.83. The second kappa shape index (κ2) is 7.90. The molecule has 1 aliphatic heterocycles. The average molecular weight is 437 g/mol. The number of carbonyl (C=O) groups is 1. The summed E-state index contributed by atoms with van der Waals surface area (Å²) >= 11 is 0. The maximum atomic E-state index is 12.9. The van der Waals surface area contributed by atoms with E-state index in [1.807, 2.05) is 35.2 Å². The van der Waals surface area contributed by atoms with Crippen LogP contribution < -0.4 is 5.32 Å². The van der Waals surface area contributed by atoms with Crippen molar-refractivity contribution in [3.05, 3.63) is 83.4 Å². The van der Waals surface area contributed by atoms with Gasteiger partial charge in [0.1, 0.15) is 5.75 Å². The van der Waals surface area contributed by atoms with Crippen molar-refractivity contribution in [3.8, 4) is 39.4 Å². The number of aromatic nitrogens is 2. The van der Waals surface area contributed by atoms with Gasteiger partial charge in [0.2, 0.25) is 0 Å². The molecule has 4 aromatic rings. The number of rotatable bonds is 3. The Hall–Kier alpha value is -3.90. The van der Waals surface area contributed by atoms with E-state index in [2.05, 4.69) is 39.8 Å². The molecule has 1 saturated heterocycles. The molecule has 33 heavy (non-hydrogen) atoms. The maximum Gasteiger partial charge on any atom is 0.253 e. The molecule has 0 spiro atoms. The summed E-state index contributed by atoms with van der Waals surface area (Å²) in [6, 6.07) is 21.6. The van der Waals surface area contributed by atoms with Crippen LogP contribution in [0.25, 0.3) is 33.6 Å². The first-order valence-corrected chi connectivity index (χ1v) is 11.3. The van der Waals surface area contributed by atoms with Crippen LogP contribution in [0, 0.1) is 0 Å². The molecule has 3 N–H and O–H groups in total. The molecule has 2 heterocycles. The number of amides is 1. The van der Waals surface area contributed by atoms with Crippen molar-refractivity contribution in [2.45, 2.75) is 6.42 Å². The second-order valence-electron chi connectivity index (χ2n) is 8.64. The predicted molar refractivity (Wildman–Crippen MR) is 128 cm³/mol. The number of benzene rings is 3. The van der Waals surface area contributed by atoms with E-state index in [1.165, 1.54) is 11.1 Å². The Bertz CT molecular complexity index is 1330. The van der Waals surface area contributed by atoms with Crippen molar-refractivity contribution in [2.24, 2.45) is 0 Å². The largest absolute Gasteiger partial charge is 0.508 e. The monoisotopic (exact) mass is 436 g/mol. The van der Waals surface area contributed by atoms with Gasteiger partial charge >= 0.3 is 0 Å². The molecule has 0 radical (unpaired) electrons. The summed E-state index contributed by atoms with van der Waals surface area (Å²) in [6.45, 7) is 3.20. The van der Waals surface area contributed by atoms with Crippen LogP contribution in [0.5, 0.6) is 5.75 Å². The summed E-state index contributed by atoms with van der Waals surface area (Å²) in [4.78, 5) is 14.9. The van der Waals surface area contributed by atoms with E-state index in [1.54, 1.807) is 12.1 Å². The van der Waals surface area contributed by atoms with Gasteiger partial charge in [-0.15, -0.1) is 0 Å². The molecule has 6 heteroatoms. The van der Waals surface area contributed by atoms with Crippen LogP contribution >= 0.6 is 0 Å². The molecule has 1 aromatic heterocycles. The van der Waals surface area contributed by atoms with Crippen LogP contribution in [-0.4, -0.2) is 52.3 Å². The summed E-state index contributed by atoms with van der Waals surface area (Å²) in [5.41, 5.74) is 9.42. The van der Waals surface area contributed by atoms with E-state index >= 15 is 0 Å². The molecular weight excluding hydrogens is 412 g/mol. The number of aromatic hydroxyl groups is 1. The van der Waals surface area contributed by atoms with Gasteiger partial charge in [0.15, 0.2) is 0 Å². The van der Waals surface area contributed by atoms with Crippen molar-refractivity contribution in [1.29, 1.82) is 0 Å². The first-order valence-electron chi connectivity index (χ1n) is 11.3. The summed E-state index contributed by atoms with van der Waals surface area (Å²) in [5, 5.41) is 20.6. The summed E-state index contributed by atoms with van der Waals surface area (Å²) in [6.07, 6.45) is 0.763. The number of carbonyl (C=O) groups excluding carboxylic acids is 1. The standard InChI is InChI=1S/C27H24N4O2/c32-22-8-5-18(6-9-22)17-1-3-19(4-2-17)25-24-16-21-15-20(7-10-23(21)26(24)30-29-25)27(33)31-13-11-28-12-14-31/h1-10,15,28,32H,11-14,16H2,(H,29,30). The molecule has 3 aromatic carbocycles. The Labute approximate surface area is 191 Å². The SMILES string of the molecule is O=C(c1ccc2c(c1)Cc1c(-c3ccc(-c4ccc(O)cc4)cc3)n[nH]c1-2)N1CCNCC1. The Balaban J connectivity index is 1.26. The lowest BCUT2D eigenvalue weighted by atomic mass is 10.0. The highest BCUT2D eigenvalue weighted by atomic mass is 16.3. The smallest absolute Gasteiger partial charge is 0.253 e. The number of phenols is 1. The first kappa shape index (κ1) is 19.8. The number of nitrogens with zero attached hydrogens (tertiary/aromatic N) is 2. The van der Waals surface area contributed by atoms with Crippen molar-refractivity contribution in [2.75, 3.05) is 26.2 Å². The molecule has 0 saturated carbocycles. The molecule has 2 aliphatic rings. The van der Waals surface area contributed by atoms with E-state index in [4.69, 9.17) is 0 Å². The van der Waals surface area contributed by atoms with Gasteiger partial charge < -0.3 is 15.3 Å². The zero-order valence-electron chi connectivity index (χ0n) is 18.1. The van der Waals surface area contributed by atoms with Gasteiger partial charge in [-0.1, -0.05) is 42.5 Å². The van der Waals surface area contributed by atoms with Crippen molar-refractivity contribution in [1.82, 2.24) is 20.4 Å². The number of aromatic amines is 1. The molecule has 0 atom stereocenters. The van der Waals surface area contributed by atoms with Gasteiger partial charge in [-0.2, -0.15) is 5.10 Å². The average Bonchev–Trinajstić information content (AvgIpc) is 3.43. The summed E-state index contributed by atoms with van der Waals surface area (Å²) in [7, 11) is 0. The Morgan fingerprint density at radius 1 is 0.879 bits per heavy atom. The third-order valence-corrected chi connectivity index (χ3v) is 6.62. The second-order valence-corrected chi connectivity index (χ2v) is 8.64. The quantitative estimate of drug-likeness (QED) is 0.398. The molecular formula is C27H24N4O2. The number of H-pyrrole nitrogens is 1. The van der Waals surface area contributed by atoms with Crippen LogP contribution in [0.1, 0.15) is 21.5 Å². The number of phenolic OH excluding ortho intramolecular Hbond substituents is 1. The van der Waals surface area contributed by atoms with E-state index in [-0.39, 0.29) is 11.7 Å². The predicted octanol–water partition coefficient (Wildman–Crippen LogP) is 4.07. The minimum Gasteiger partial charge on any atom is -0.508 e. The fourth-order valence-corrected chi connectivity index (χ4v) is 4.83. The highest BCUT2D eigenvalue weighted by molar-refractivity contribution is 5.96. The maximum absolute atomic E-state index is 12.9. The van der Waals surface area contributed by atoms with Crippen molar-refractivity contribution >= 4 is 5.91 Å². The molecule has 6 rings (SSSR count). The third-order valence-electron chi connectivity index (χ3n) is 6.62. The van der Waals surface area contributed by atoms with Crippen LogP contribution in [0.3, 0.4) is 0 Å². The molecule has 164 valence electrons. The van der Waals surface area contributed by atoms with E-state index in [9.17, 15) is 9.90 Å². The van der Waals surface area contributed by atoms with Crippen LogP contribution in [0.15, 0.2) is 66.7 Å². The van der Waals surface area contributed by atoms with E-state index in [0.29, 0.717) is 0 Å². The number of hydrogen-bond acceptors (Lipinski definition) is 4. The normalized spacial score (nSPS) is 14.7. The number of fused-ring (bicyclic) bond motifs is 3. The van der Waals surface area contributed by atoms with Crippen molar-refractivity contribution < 1.29 is 9.90 Å². The van der Waals surface area contributed by atoms with Crippen LogP contribution in [-0.2, 0) is 6.42 Å². The van der Waals surface area contributed by atoms with Gasteiger partial charge in [0.05, 0.1) is 11.4 Å². The number of hydrogen-bond donors (Lipinski definition) is 3. The van der Waals surface area contributed by atoms with Crippen molar-refractivity contribution in [3.63, 3.8) is 0 Å². The highest BCUT2D eigenvalue weighted by Gasteiger charge is 2.27. The topological polar surface area (TPSA) is 81.2 Å². The molecule has 0 bridgehead atoms. The van der Waals surface area contributed by atoms with E-state index < -0.39 is 0 Å². The first-order chi connectivity index (χ1) is 16.2. The minimum absolute atomic E-state index is 0.109. The summed E-state index contributed by atoms with van der Waals surface area (Å²) in [5.74, 6) is 0.373. The number of nitrogens with one attached hydrogen (secondary N) is 2. The lowest BCUT2D eigenvalue weighted by Gasteiger charge is -2.27. The Morgan fingerprint density at radius 3 is 2.27 bits per heavy atom. The third kappa shape index (κ3) is 3.49. The molecule has 1 aliphatic carbocycles. The van der Waals surface area contributed by atoms with Gasteiger partial charge in [-0.05, 0) is 41.0 Å². The van der Waals surface area contributed by atoms with Gasteiger partial charge in [-0.3, -0.25) is 9.89 Å². The minimum atomic E-state index is 0.109. The zero-order chi connectivity index (χ0) is 22.4. The van der Waals surface area contributed by atoms with E-state index in [0.717, 1.165) is 71.8 Å². The zero-order valence-corrected chi connectivity index (χ0v) is 18.1. The summed E-state index contributed by atoms with van der Waals surface area (Å²) < 4.78 is 0. The molecule has 1 fully saturated rings. The number of piperazine rings is 1. The molecule has 1 amide bonds. The molecule has 0 unspecified atom stereocenters. The lowest BCUT2D eigenvalue weighted by Crippen LogP contribution is -2.46.